The minimum absolute atomic E-state index is 0.636. The first kappa shape index (κ1) is 15.0. The summed E-state index contributed by atoms with van der Waals surface area (Å²) in [6.45, 7) is 0. The summed E-state index contributed by atoms with van der Waals surface area (Å²) in [5.41, 5.74) is 2.13. The Morgan fingerprint density at radius 3 is 2.10 bits per heavy atom. The van der Waals surface area contributed by atoms with E-state index in [2.05, 4.69) is 6.07 Å². The quantitative estimate of drug-likeness (QED) is 0.790. The van der Waals surface area contributed by atoms with Gasteiger partial charge in [0.15, 0.2) is 0 Å². The Labute approximate surface area is 129 Å². The Hall–Kier alpha value is -1.38. The summed E-state index contributed by atoms with van der Waals surface area (Å²) in [6, 6.07) is 11.6. The fourth-order valence-corrected chi connectivity index (χ4v) is 2.69. The minimum Gasteiger partial charge on any atom is -0.497 e. The molecule has 0 N–H and O–H groups in total. The van der Waals surface area contributed by atoms with Gasteiger partial charge in [0.25, 0.3) is 0 Å². The summed E-state index contributed by atoms with van der Waals surface area (Å²) < 4.78 is 10.4. The SMILES string of the molecule is COc1cccc(CCc2c(Cl)cc(OC)cc2Cl)c1. The molecule has 0 heterocycles. The highest BCUT2D eigenvalue weighted by molar-refractivity contribution is 6.36. The summed E-state index contributed by atoms with van der Waals surface area (Å²) in [6.07, 6.45) is 1.62. The maximum Gasteiger partial charge on any atom is 0.121 e. The summed E-state index contributed by atoms with van der Waals surface area (Å²) in [5.74, 6) is 1.53. The van der Waals surface area contributed by atoms with Crippen LogP contribution in [0.1, 0.15) is 11.1 Å². The van der Waals surface area contributed by atoms with Gasteiger partial charge in [-0.15, -0.1) is 0 Å². The molecule has 106 valence electrons. The van der Waals surface area contributed by atoms with Gasteiger partial charge in [-0.05, 0) is 48.2 Å². The molecule has 0 aliphatic rings. The molecule has 0 amide bonds. The van der Waals surface area contributed by atoms with Crippen LogP contribution < -0.4 is 9.47 Å². The highest BCUT2D eigenvalue weighted by Gasteiger charge is 2.09. The molecule has 20 heavy (non-hydrogen) atoms. The number of halogens is 2. The summed E-state index contributed by atoms with van der Waals surface area (Å²) in [7, 11) is 3.26. The topological polar surface area (TPSA) is 18.5 Å². The lowest BCUT2D eigenvalue weighted by molar-refractivity contribution is 0.414. The molecular formula is C16H16Cl2O2. The fourth-order valence-electron chi connectivity index (χ4n) is 2.03. The lowest BCUT2D eigenvalue weighted by atomic mass is 10.0. The largest absolute Gasteiger partial charge is 0.497 e. The Balaban J connectivity index is 2.14. The zero-order valence-corrected chi connectivity index (χ0v) is 13.0. The van der Waals surface area contributed by atoms with Crippen molar-refractivity contribution in [1.82, 2.24) is 0 Å². The van der Waals surface area contributed by atoms with Gasteiger partial charge in [0.2, 0.25) is 0 Å². The van der Waals surface area contributed by atoms with E-state index in [-0.39, 0.29) is 0 Å². The number of hydrogen-bond acceptors (Lipinski definition) is 2. The normalized spacial score (nSPS) is 10.4. The van der Waals surface area contributed by atoms with Crippen molar-refractivity contribution in [1.29, 1.82) is 0 Å². The molecule has 0 saturated carbocycles. The number of rotatable bonds is 5. The van der Waals surface area contributed by atoms with Crippen LogP contribution in [0.4, 0.5) is 0 Å². The summed E-state index contributed by atoms with van der Waals surface area (Å²) in [5, 5.41) is 1.27. The van der Waals surface area contributed by atoms with Gasteiger partial charge in [0.1, 0.15) is 11.5 Å². The van der Waals surface area contributed by atoms with Crippen LogP contribution in [0.3, 0.4) is 0 Å². The zero-order chi connectivity index (χ0) is 14.5. The molecule has 0 unspecified atom stereocenters. The van der Waals surface area contributed by atoms with Crippen LogP contribution in [0.15, 0.2) is 36.4 Å². The molecule has 0 saturated heterocycles. The van der Waals surface area contributed by atoms with Crippen molar-refractivity contribution in [3.63, 3.8) is 0 Å². The average Bonchev–Trinajstić information content (AvgIpc) is 2.46. The number of benzene rings is 2. The van der Waals surface area contributed by atoms with Gasteiger partial charge < -0.3 is 9.47 Å². The second kappa shape index (κ2) is 6.87. The molecule has 2 rings (SSSR count). The van der Waals surface area contributed by atoms with Crippen LogP contribution in [-0.2, 0) is 12.8 Å². The van der Waals surface area contributed by atoms with Gasteiger partial charge in [-0.25, -0.2) is 0 Å². The van der Waals surface area contributed by atoms with Crippen LogP contribution in [0, 0.1) is 0 Å². The Bertz CT molecular complexity index is 574. The average molecular weight is 311 g/mol. The molecule has 0 fully saturated rings. The maximum atomic E-state index is 6.25. The molecule has 0 bridgehead atoms. The first-order valence-electron chi connectivity index (χ1n) is 6.29. The van der Waals surface area contributed by atoms with Gasteiger partial charge in [-0.2, -0.15) is 0 Å². The monoisotopic (exact) mass is 310 g/mol. The van der Waals surface area contributed by atoms with E-state index in [1.54, 1.807) is 26.4 Å². The molecule has 0 radical (unpaired) electrons. The Morgan fingerprint density at radius 1 is 0.850 bits per heavy atom. The van der Waals surface area contributed by atoms with Gasteiger partial charge in [-0.3, -0.25) is 0 Å². The van der Waals surface area contributed by atoms with Crippen molar-refractivity contribution in [3.8, 4) is 11.5 Å². The Kier molecular flexibility index (Phi) is 5.16. The lowest BCUT2D eigenvalue weighted by Crippen LogP contribution is -1.95. The first-order chi connectivity index (χ1) is 9.63. The van der Waals surface area contributed by atoms with Gasteiger partial charge in [0, 0.05) is 10.0 Å². The fraction of sp³-hybridized carbons (Fsp3) is 0.250. The third-order valence-corrected chi connectivity index (χ3v) is 3.82. The van der Waals surface area contributed by atoms with Crippen molar-refractivity contribution < 1.29 is 9.47 Å². The minimum atomic E-state index is 0.636. The number of hydrogen-bond donors (Lipinski definition) is 0. The smallest absolute Gasteiger partial charge is 0.121 e. The highest BCUT2D eigenvalue weighted by Crippen LogP contribution is 2.31. The molecule has 2 nitrogen and oxygen atoms in total. The third kappa shape index (κ3) is 3.59. The van der Waals surface area contributed by atoms with E-state index >= 15 is 0 Å². The second-order valence-corrected chi connectivity index (χ2v) is 5.24. The molecular weight excluding hydrogens is 295 g/mol. The zero-order valence-electron chi connectivity index (χ0n) is 11.5. The maximum absolute atomic E-state index is 6.25. The van der Waals surface area contributed by atoms with Gasteiger partial charge >= 0.3 is 0 Å². The third-order valence-electron chi connectivity index (χ3n) is 3.15. The molecule has 0 spiro atoms. The summed E-state index contributed by atoms with van der Waals surface area (Å²) in [4.78, 5) is 0. The molecule has 2 aromatic rings. The van der Waals surface area contributed by atoms with Crippen molar-refractivity contribution in [2.75, 3.05) is 14.2 Å². The van der Waals surface area contributed by atoms with Crippen molar-refractivity contribution in [3.05, 3.63) is 57.6 Å². The van der Waals surface area contributed by atoms with E-state index in [1.807, 2.05) is 18.2 Å². The van der Waals surface area contributed by atoms with Crippen LogP contribution in [0.2, 0.25) is 10.0 Å². The van der Waals surface area contributed by atoms with Crippen LogP contribution >= 0.6 is 23.2 Å². The molecule has 0 aliphatic carbocycles. The second-order valence-electron chi connectivity index (χ2n) is 4.42. The first-order valence-corrected chi connectivity index (χ1v) is 7.04. The van der Waals surface area contributed by atoms with Crippen molar-refractivity contribution >= 4 is 23.2 Å². The highest BCUT2D eigenvalue weighted by atomic mass is 35.5. The van der Waals surface area contributed by atoms with Crippen LogP contribution in [0.25, 0.3) is 0 Å². The van der Waals surface area contributed by atoms with Gasteiger partial charge in [-0.1, -0.05) is 35.3 Å². The molecule has 0 aliphatic heterocycles. The molecule has 2 aromatic carbocycles. The standard InChI is InChI=1S/C16H16Cl2O2/c1-19-12-5-3-4-11(8-12)6-7-14-15(17)9-13(20-2)10-16(14)18/h3-5,8-10H,6-7H2,1-2H3. The van der Waals surface area contributed by atoms with E-state index in [4.69, 9.17) is 32.7 Å². The van der Waals surface area contributed by atoms with E-state index in [1.165, 1.54) is 5.56 Å². The van der Waals surface area contributed by atoms with Gasteiger partial charge in [0.05, 0.1) is 14.2 Å². The van der Waals surface area contributed by atoms with E-state index < -0.39 is 0 Å². The van der Waals surface area contributed by atoms with Crippen molar-refractivity contribution in [2.45, 2.75) is 12.8 Å². The van der Waals surface area contributed by atoms with E-state index in [9.17, 15) is 0 Å². The molecule has 0 aromatic heterocycles. The molecule has 4 heteroatoms. The molecule has 0 atom stereocenters. The lowest BCUT2D eigenvalue weighted by Gasteiger charge is -2.10. The van der Waals surface area contributed by atoms with Crippen molar-refractivity contribution in [2.24, 2.45) is 0 Å². The summed E-state index contributed by atoms with van der Waals surface area (Å²) >= 11 is 12.5. The van der Waals surface area contributed by atoms with E-state index in [0.717, 1.165) is 24.2 Å². The predicted octanol–water partition coefficient (Wildman–Crippen LogP) is 4.80. The van der Waals surface area contributed by atoms with Crippen LogP contribution in [-0.4, -0.2) is 14.2 Å². The number of ether oxygens (including phenoxy) is 2. The predicted molar refractivity (Wildman–Crippen MR) is 83.4 cm³/mol. The number of aryl methyl sites for hydroxylation is 1. The van der Waals surface area contributed by atoms with Crippen LogP contribution in [0.5, 0.6) is 11.5 Å². The van der Waals surface area contributed by atoms with E-state index in [0.29, 0.717) is 15.8 Å². The number of methoxy groups -OCH3 is 2. The Morgan fingerprint density at radius 2 is 1.50 bits per heavy atom.